The molecule has 0 unspecified atom stereocenters. The van der Waals surface area contributed by atoms with E-state index in [2.05, 4.69) is 37.5 Å². The number of hydrogen-bond acceptors (Lipinski definition) is 6. The van der Waals surface area contributed by atoms with Gasteiger partial charge in [0.15, 0.2) is 0 Å². The number of ether oxygens (including phenoxy) is 1. The van der Waals surface area contributed by atoms with Gasteiger partial charge in [-0.15, -0.1) is 5.10 Å². The van der Waals surface area contributed by atoms with Gasteiger partial charge < -0.3 is 9.64 Å². The molecular formula is C21H28N6O2. The fourth-order valence-electron chi connectivity index (χ4n) is 5.65. The van der Waals surface area contributed by atoms with E-state index in [-0.39, 0.29) is 5.91 Å². The minimum absolute atomic E-state index is 0.222. The maximum Gasteiger partial charge on any atom is 0.224 e. The van der Waals surface area contributed by atoms with Crippen LogP contribution in [0.15, 0.2) is 24.3 Å². The van der Waals surface area contributed by atoms with Crippen LogP contribution < -0.4 is 4.74 Å². The van der Waals surface area contributed by atoms with E-state index < -0.39 is 0 Å². The van der Waals surface area contributed by atoms with E-state index in [4.69, 9.17) is 4.74 Å². The lowest BCUT2D eigenvalue weighted by molar-refractivity contribution is -0.136. The minimum atomic E-state index is 0.222. The van der Waals surface area contributed by atoms with Gasteiger partial charge in [-0.25, -0.2) is 4.68 Å². The molecule has 1 amide bonds. The van der Waals surface area contributed by atoms with Crippen molar-refractivity contribution in [3.05, 3.63) is 35.7 Å². The van der Waals surface area contributed by atoms with Gasteiger partial charge in [-0.1, -0.05) is 12.1 Å². The number of nitrogens with zero attached hydrogens (tertiary/aromatic N) is 6. The molecule has 0 N–H and O–H groups in total. The lowest BCUT2D eigenvalue weighted by atomic mass is 9.75. The number of methoxy groups -OCH3 is 1. The van der Waals surface area contributed by atoms with Gasteiger partial charge in [0.25, 0.3) is 0 Å². The number of carbonyl (C=O) groups is 1. The Morgan fingerprint density at radius 2 is 1.93 bits per heavy atom. The first-order valence-electron chi connectivity index (χ1n) is 10.6. The van der Waals surface area contributed by atoms with Crippen LogP contribution in [0.3, 0.4) is 0 Å². The lowest BCUT2D eigenvalue weighted by Gasteiger charge is -2.51. The zero-order chi connectivity index (χ0) is 20.0. The molecule has 0 spiro atoms. The SMILES string of the molecule is COc1ccc([C@@H]2CN(C(=O)CCn3nnnc3C)[C@@H]3C4CCN(CC4)[C@@H]32)cc1. The molecule has 154 valence electrons. The summed E-state index contributed by atoms with van der Waals surface area (Å²) in [5.41, 5.74) is 1.31. The first kappa shape index (κ1) is 18.5. The van der Waals surface area contributed by atoms with Crippen LogP contribution in [0.1, 0.15) is 36.6 Å². The molecule has 8 nitrogen and oxygen atoms in total. The zero-order valence-corrected chi connectivity index (χ0v) is 17.1. The van der Waals surface area contributed by atoms with Crippen molar-refractivity contribution in [2.75, 3.05) is 26.7 Å². The number of amides is 1. The molecule has 8 heteroatoms. The van der Waals surface area contributed by atoms with Gasteiger partial charge in [-0.2, -0.15) is 0 Å². The second-order valence-corrected chi connectivity index (χ2v) is 8.48. The standard InChI is InChI=1S/C21H28N6O2/c1-14-22-23-24-27(14)12-9-19(28)26-13-18(15-3-5-17(29-2)6-4-15)21-20(26)16-7-10-25(21)11-8-16/h3-6,16,18,20-21H,7-13H2,1-2H3/t18-,20+,21+/m0/s1. The molecule has 0 radical (unpaired) electrons. The van der Waals surface area contributed by atoms with Crippen molar-refractivity contribution in [2.24, 2.45) is 5.92 Å². The minimum Gasteiger partial charge on any atom is -0.497 e. The van der Waals surface area contributed by atoms with Crippen LogP contribution in [0, 0.1) is 12.8 Å². The predicted octanol–water partition coefficient (Wildman–Crippen LogP) is 1.47. The largest absolute Gasteiger partial charge is 0.497 e. The monoisotopic (exact) mass is 396 g/mol. The Bertz CT molecular complexity index is 874. The third-order valence-electron chi connectivity index (χ3n) is 7.11. The molecule has 1 aromatic heterocycles. The maximum atomic E-state index is 13.3. The Morgan fingerprint density at radius 3 is 2.59 bits per heavy atom. The maximum absolute atomic E-state index is 13.3. The number of fused-ring (bicyclic) bond motifs is 2. The zero-order valence-electron chi connectivity index (χ0n) is 17.1. The van der Waals surface area contributed by atoms with Crippen molar-refractivity contribution >= 4 is 5.91 Å². The summed E-state index contributed by atoms with van der Waals surface area (Å²) in [7, 11) is 1.69. The molecule has 4 fully saturated rings. The van der Waals surface area contributed by atoms with Crippen molar-refractivity contribution in [3.8, 4) is 5.75 Å². The molecule has 2 aromatic rings. The normalized spacial score (nSPS) is 30.4. The van der Waals surface area contributed by atoms with Crippen molar-refractivity contribution in [3.63, 3.8) is 0 Å². The molecule has 1 aromatic carbocycles. The fraction of sp³-hybridized carbons (Fsp3) is 0.619. The van der Waals surface area contributed by atoms with Crippen molar-refractivity contribution in [1.82, 2.24) is 30.0 Å². The second-order valence-electron chi connectivity index (χ2n) is 8.48. The number of aryl methyl sites for hydroxylation is 2. The van der Waals surface area contributed by atoms with E-state index >= 15 is 0 Å². The Hall–Kier alpha value is -2.48. The summed E-state index contributed by atoms with van der Waals surface area (Å²) in [6.45, 7) is 5.51. The predicted molar refractivity (Wildman–Crippen MR) is 106 cm³/mol. The number of benzene rings is 1. The van der Waals surface area contributed by atoms with Gasteiger partial charge >= 0.3 is 0 Å². The highest BCUT2D eigenvalue weighted by Gasteiger charge is 2.54. The van der Waals surface area contributed by atoms with Crippen LogP contribution in [0.5, 0.6) is 5.75 Å². The van der Waals surface area contributed by atoms with Gasteiger partial charge in [-0.3, -0.25) is 9.69 Å². The number of likely N-dealkylation sites (tertiary alicyclic amines) is 1. The van der Waals surface area contributed by atoms with Crippen LogP contribution in [0.4, 0.5) is 0 Å². The quantitative estimate of drug-likeness (QED) is 0.762. The van der Waals surface area contributed by atoms with Gasteiger partial charge in [0.1, 0.15) is 11.6 Å². The molecular weight excluding hydrogens is 368 g/mol. The molecule has 4 saturated heterocycles. The van der Waals surface area contributed by atoms with Gasteiger partial charge in [0.2, 0.25) is 5.91 Å². The highest BCUT2D eigenvalue weighted by molar-refractivity contribution is 5.77. The summed E-state index contributed by atoms with van der Waals surface area (Å²) in [5, 5.41) is 11.6. The summed E-state index contributed by atoms with van der Waals surface area (Å²) < 4.78 is 7.04. The van der Waals surface area contributed by atoms with E-state index in [1.807, 2.05) is 19.1 Å². The Morgan fingerprint density at radius 1 is 1.17 bits per heavy atom. The lowest BCUT2D eigenvalue weighted by Crippen LogP contribution is -2.60. The topological polar surface area (TPSA) is 76.4 Å². The smallest absolute Gasteiger partial charge is 0.224 e. The van der Waals surface area contributed by atoms with Gasteiger partial charge in [-0.05, 0) is 66.9 Å². The first-order valence-corrected chi connectivity index (χ1v) is 10.6. The van der Waals surface area contributed by atoms with Crippen LogP contribution in [0.25, 0.3) is 0 Å². The molecule has 3 atom stereocenters. The van der Waals surface area contributed by atoms with E-state index in [1.54, 1.807) is 11.8 Å². The summed E-state index contributed by atoms with van der Waals surface area (Å²) >= 11 is 0. The summed E-state index contributed by atoms with van der Waals surface area (Å²) in [4.78, 5) is 18.1. The fourth-order valence-corrected chi connectivity index (χ4v) is 5.65. The van der Waals surface area contributed by atoms with E-state index in [9.17, 15) is 4.79 Å². The van der Waals surface area contributed by atoms with E-state index in [1.165, 1.54) is 18.4 Å². The Labute approximate surface area is 170 Å². The summed E-state index contributed by atoms with van der Waals surface area (Å²) in [6, 6.07) is 9.16. The first-order chi connectivity index (χ1) is 14.2. The Balaban J connectivity index is 1.38. The molecule has 5 heterocycles. The van der Waals surface area contributed by atoms with Crippen LogP contribution in [0.2, 0.25) is 0 Å². The molecule has 4 aliphatic rings. The van der Waals surface area contributed by atoms with E-state index in [0.717, 1.165) is 31.2 Å². The van der Waals surface area contributed by atoms with Gasteiger partial charge in [0.05, 0.1) is 19.7 Å². The third-order valence-corrected chi connectivity index (χ3v) is 7.11. The molecule has 6 rings (SSSR count). The van der Waals surface area contributed by atoms with Crippen LogP contribution in [-0.4, -0.2) is 74.7 Å². The molecule has 2 bridgehead atoms. The molecule has 4 aliphatic heterocycles. The number of carbonyl (C=O) groups excluding carboxylic acids is 1. The average Bonchev–Trinajstić information content (AvgIpc) is 3.38. The number of rotatable bonds is 5. The summed E-state index contributed by atoms with van der Waals surface area (Å²) in [6.07, 6.45) is 2.84. The van der Waals surface area contributed by atoms with Crippen molar-refractivity contribution in [1.29, 1.82) is 0 Å². The second kappa shape index (κ2) is 7.40. The van der Waals surface area contributed by atoms with Crippen molar-refractivity contribution in [2.45, 2.75) is 50.7 Å². The highest BCUT2D eigenvalue weighted by atomic mass is 16.5. The average molecular weight is 396 g/mol. The van der Waals surface area contributed by atoms with E-state index in [0.29, 0.717) is 36.9 Å². The third kappa shape index (κ3) is 3.19. The Kier molecular flexibility index (Phi) is 4.73. The number of piperidine rings is 3. The number of aromatic nitrogens is 4. The van der Waals surface area contributed by atoms with Gasteiger partial charge in [0, 0.05) is 24.9 Å². The number of tetrazole rings is 1. The molecule has 29 heavy (non-hydrogen) atoms. The molecule has 0 saturated carbocycles. The number of hydrogen-bond donors (Lipinski definition) is 0. The highest BCUT2D eigenvalue weighted by Crippen LogP contribution is 2.46. The molecule has 0 aliphatic carbocycles. The van der Waals surface area contributed by atoms with Crippen molar-refractivity contribution < 1.29 is 9.53 Å². The van der Waals surface area contributed by atoms with Crippen LogP contribution in [-0.2, 0) is 11.3 Å². The van der Waals surface area contributed by atoms with Crippen LogP contribution >= 0.6 is 0 Å². The summed E-state index contributed by atoms with van der Waals surface area (Å²) in [5.74, 6) is 2.81.